The summed E-state index contributed by atoms with van der Waals surface area (Å²) in [7, 11) is -1.51. The number of hydrogen-bond donors (Lipinski definition) is 1. The minimum absolute atomic E-state index is 0.274. The highest BCUT2D eigenvalue weighted by molar-refractivity contribution is 7.89. The Kier molecular flexibility index (Phi) is 4.90. The van der Waals surface area contributed by atoms with Crippen molar-refractivity contribution in [2.75, 3.05) is 26.7 Å². The van der Waals surface area contributed by atoms with Crippen molar-refractivity contribution < 1.29 is 8.42 Å². The summed E-state index contributed by atoms with van der Waals surface area (Å²) in [5.74, 6) is 0. The SMILES string of the molecule is CN(CCc1ccncc1)S(=O)(=O)C1CCCNC1. The second-order valence-electron chi connectivity index (χ2n) is 4.94. The van der Waals surface area contributed by atoms with E-state index in [0.29, 0.717) is 13.1 Å². The van der Waals surface area contributed by atoms with Crippen LogP contribution in [-0.2, 0) is 16.4 Å². The highest BCUT2D eigenvalue weighted by atomic mass is 32.2. The van der Waals surface area contributed by atoms with Crippen LogP contribution in [0.1, 0.15) is 18.4 Å². The lowest BCUT2D eigenvalue weighted by molar-refractivity contribution is 0.433. The average Bonchev–Trinajstić information content (AvgIpc) is 2.46. The standard InChI is InChI=1S/C13H21N3O2S/c1-16(10-6-12-4-8-14-9-5-12)19(17,18)13-3-2-7-15-11-13/h4-5,8-9,13,15H,2-3,6-7,10-11H2,1H3. The van der Waals surface area contributed by atoms with Crippen molar-refractivity contribution in [3.8, 4) is 0 Å². The van der Waals surface area contributed by atoms with Crippen molar-refractivity contribution >= 4 is 10.0 Å². The molecule has 2 rings (SSSR count). The quantitative estimate of drug-likeness (QED) is 0.861. The zero-order valence-electron chi connectivity index (χ0n) is 11.2. The molecule has 0 spiro atoms. The molecule has 1 N–H and O–H groups in total. The van der Waals surface area contributed by atoms with Gasteiger partial charge in [-0.2, -0.15) is 0 Å². The summed E-state index contributed by atoms with van der Waals surface area (Å²) in [4.78, 5) is 3.95. The molecule has 0 saturated carbocycles. The summed E-state index contributed by atoms with van der Waals surface area (Å²) in [6, 6.07) is 3.84. The van der Waals surface area contributed by atoms with Crippen LogP contribution >= 0.6 is 0 Å². The highest BCUT2D eigenvalue weighted by Crippen LogP contribution is 2.15. The molecule has 0 aromatic carbocycles. The third kappa shape index (κ3) is 3.75. The van der Waals surface area contributed by atoms with Crippen LogP contribution in [0.3, 0.4) is 0 Å². The lowest BCUT2D eigenvalue weighted by atomic mass is 10.2. The molecule has 5 nitrogen and oxygen atoms in total. The second-order valence-corrected chi connectivity index (χ2v) is 7.26. The summed E-state index contributed by atoms with van der Waals surface area (Å²) in [5, 5.41) is 2.88. The number of pyridine rings is 1. The predicted molar refractivity (Wildman–Crippen MR) is 75.4 cm³/mol. The van der Waals surface area contributed by atoms with Gasteiger partial charge in [0, 0.05) is 32.5 Å². The van der Waals surface area contributed by atoms with Crippen LogP contribution < -0.4 is 5.32 Å². The largest absolute Gasteiger partial charge is 0.315 e. The van der Waals surface area contributed by atoms with Gasteiger partial charge in [0.1, 0.15) is 0 Å². The summed E-state index contributed by atoms with van der Waals surface area (Å²) in [6.07, 6.45) is 5.87. The molecule has 0 aliphatic carbocycles. The monoisotopic (exact) mass is 283 g/mol. The number of hydrogen-bond acceptors (Lipinski definition) is 4. The normalized spacial score (nSPS) is 20.6. The second kappa shape index (κ2) is 6.45. The van der Waals surface area contributed by atoms with Crippen molar-refractivity contribution in [3.05, 3.63) is 30.1 Å². The third-order valence-electron chi connectivity index (χ3n) is 3.57. The van der Waals surface area contributed by atoms with Gasteiger partial charge in [0.15, 0.2) is 0 Å². The van der Waals surface area contributed by atoms with E-state index in [1.54, 1.807) is 19.4 Å². The molecule has 0 bridgehead atoms. The molecule has 1 fully saturated rings. The maximum Gasteiger partial charge on any atom is 0.217 e. The molecule has 2 heterocycles. The molecule has 106 valence electrons. The molecular weight excluding hydrogens is 262 g/mol. The summed E-state index contributed by atoms with van der Waals surface area (Å²) < 4.78 is 26.3. The molecule has 1 unspecified atom stereocenters. The Balaban J connectivity index is 1.93. The number of aromatic nitrogens is 1. The van der Waals surface area contributed by atoms with Crippen molar-refractivity contribution in [2.45, 2.75) is 24.5 Å². The van der Waals surface area contributed by atoms with Gasteiger partial charge in [-0.1, -0.05) is 0 Å². The lowest BCUT2D eigenvalue weighted by Crippen LogP contribution is -2.45. The van der Waals surface area contributed by atoms with Crippen LogP contribution in [0.4, 0.5) is 0 Å². The van der Waals surface area contributed by atoms with Crippen LogP contribution in [0.25, 0.3) is 0 Å². The summed E-state index contributed by atoms with van der Waals surface area (Å²) in [5.41, 5.74) is 1.11. The smallest absolute Gasteiger partial charge is 0.217 e. The minimum Gasteiger partial charge on any atom is -0.315 e. The molecule has 19 heavy (non-hydrogen) atoms. The number of piperidine rings is 1. The Morgan fingerprint density at radius 3 is 2.79 bits per heavy atom. The molecule has 1 saturated heterocycles. The van der Waals surface area contributed by atoms with Gasteiger partial charge in [-0.15, -0.1) is 0 Å². The van der Waals surface area contributed by atoms with Crippen molar-refractivity contribution in [1.29, 1.82) is 0 Å². The van der Waals surface area contributed by atoms with E-state index in [1.807, 2.05) is 12.1 Å². The fourth-order valence-corrected chi connectivity index (χ4v) is 3.94. The van der Waals surface area contributed by atoms with E-state index in [-0.39, 0.29) is 5.25 Å². The van der Waals surface area contributed by atoms with Gasteiger partial charge in [-0.25, -0.2) is 12.7 Å². The van der Waals surface area contributed by atoms with E-state index in [1.165, 1.54) is 4.31 Å². The first kappa shape index (κ1) is 14.4. The number of sulfonamides is 1. The van der Waals surface area contributed by atoms with Gasteiger partial charge < -0.3 is 5.32 Å². The molecule has 1 atom stereocenters. The van der Waals surface area contributed by atoms with Gasteiger partial charge in [0.2, 0.25) is 10.0 Å². The maximum absolute atomic E-state index is 12.4. The molecule has 0 radical (unpaired) electrons. The summed E-state index contributed by atoms with van der Waals surface area (Å²) in [6.45, 7) is 2.01. The van der Waals surface area contributed by atoms with Crippen LogP contribution in [-0.4, -0.2) is 49.6 Å². The van der Waals surface area contributed by atoms with E-state index in [4.69, 9.17) is 0 Å². The molecule has 1 aliphatic heterocycles. The van der Waals surface area contributed by atoms with Crippen molar-refractivity contribution in [2.24, 2.45) is 0 Å². The fraction of sp³-hybridized carbons (Fsp3) is 0.615. The average molecular weight is 283 g/mol. The Labute approximate surface area is 115 Å². The number of nitrogens with zero attached hydrogens (tertiary/aromatic N) is 2. The van der Waals surface area contributed by atoms with Gasteiger partial charge >= 0.3 is 0 Å². The molecule has 1 aromatic rings. The van der Waals surface area contributed by atoms with E-state index in [2.05, 4.69) is 10.3 Å². The minimum atomic E-state index is -3.18. The van der Waals surface area contributed by atoms with E-state index in [9.17, 15) is 8.42 Å². The Morgan fingerprint density at radius 1 is 1.42 bits per heavy atom. The molecule has 0 amide bonds. The zero-order chi connectivity index (χ0) is 13.7. The fourth-order valence-electron chi connectivity index (χ4n) is 2.29. The lowest BCUT2D eigenvalue weighted by Gasteiger charge is -2.27. The number of rotatable bonds is 5. The predicted octanol–water partition coefficient (Wildman–Crippen LogP) is 0.638. The van der Waals surface area contributed by atoms with Crippen LogP contribution in [0.15, 0.2) is 24.5 Å². The summed E-state index contributed by atoms with van der Waals surface area (Å²) >= 11 is 0. The van der Waals surface area contributed by atoms with Crippen molar-refractivity contribution in [3.63, 3.8) is 0 Å². The van der Waals surface area contributed by atoms with Crippen LogP contribution in [0, 0.1) is 0 Å². The number of likely N-dealkylation sites (N-methyl/N-ethyl adjacent to an activating group) is 1. The van der Waals surface area contributed by atoms with Crippen LogP contribution in [0.5, 0.6) is 0 Å². The Bertz CT molecular complexity index is 484. The van der Waals surface area contributed by atoms with E-state index >= 15 is 0 Å². The van der Waals surface area contributed by atoms with E-state index in [0.717, 1.165) is 31.4 Å². The third-order valence-corrected chi connectivity index (χ3v) is 5.87. The first-order valence-electron chi connectivity index (χ1n) is 6.65. The van der Waals surface area contributed by atoms with Gasteiger partial charge in [-0.3, -0.25) is 4.98 Å². The molecule has 6 heteroatoms. The Morgan fingerprint density at radius 2 is 2.16 bits per heavy atom. The number of nitrogens with one attached hydrogen (secondary N) is 1. The Hall–Kier alpha value is -0.980. The van der Waals surface area contributed by atoms with E-state index < -0.39 is 10.0 Å². The van der Waals surface area contributed by atoms with Gasteiger partial charge in [-0.05, 0) is 43.5 Å². The van der Waals surface area contributed by atoms with Gasteiger partial charge in [0.05, 0.1) is 5.25 Å². The first-order valence-corrected chi connectivity index (χ1v) is 8.16. The van der Waals surface area contributed by atoms with Crippen molar-refractivity contribution in [1.82, 2.24) is 14.6 Å². The highest BCUT2D eigenvalue weighted by Gasteiger charge is 2.30. The molecular formula is C13H21N3O2S. The topological polar surface area (TPSA) is 62.3 Å². The van der Waals surface area contributed by atoms with Crippen LogP contribution in [0.2, 0.25) is 0 Å². The molecule has 1 aromatic heterocycles. The zero-order valence-corrected chi connectivity index (χ0v) is 12.1. The van der Waals surface area contributed by atoms with Gasteiger partial charge in [0.25, 0.3) is 0 Å². The maximum atomic E-state index is 12.4. The first-order chi connectivity index (χ1) is 9.10. The molecule has 1 aliphatic rings.